The summed E-state index contributed by atoms with van der Waals surface area (Å²) in [5.41, 5.74) is -2.04. The highest BCUT2D eigenvalue weighted by atomic mass is 19.4. The lowest BCUT2D eigenvalue weighted by Gasteiger charge is -2.24. The number of aliphatic hydroxyl groups is 1. The molecule has 8 nitrogen and oxygen atoms in total. The van der Waals surface area contributed by atoms with Crippen LogP contribution in [-0.4, -0.2) is 41.2 Å². The predicted molar refractivity (Wildman–Crippen MR) is 178 cm³/mol. The van der Waals surface area contributed by atoms with Gasteiger partial charge in [-0.3, -0.25) is 14.2 Å². The van der Waals surface area contributed by atoms with E-state index in [1.807, 2.05) is 13.0 Å². The van der Waals surface area contributed by atoms with Crippen molar-refractivity contribution in [1.82, 2.24) is 29.9 Å². The zero-order chi connectivity index (χ0) is 38.2. The molecule has 0 spiro atoms. The Balaban J connectivity index is 1.36. The van der Waals surface area contributed by atoms with E-state index in [4.69, 9.17) is 4.98 Å². The Bertz CT molecular complexity index is 2430. The molecule has 0 fully saturated rings. The number of fused-ring (bicyclic) bond motifs is 4. The van der Waals surface area contributed by atoms with Crippen molar-refractivity contribution in [2.45, 2.75) is 63.4 Å². The number of rotatable bonds is 7. The molecule has 0 unspecified atom stereocenters. The molecular formula is C38H29F7N6O2. The van der Waals surface area contributed by atoms with Crippen LogP contribution in [0.2, 0.25) is 0 Å². The van der Waals surface area contributed by atoms with Gasteiger partial charge in [-0.05, 0) is 62.9 Å². The highest BCUT2D eigenvalue weighted by Gasteiger charge is 2.62. The van der Waals surface area contributed by atoms with Gasteiger partial charge in [-0.25, -0.2) is 13.8 Å². The van der Waals surface area contributed by atoms with Crippen LogP contribution in [0.4, 0.5) is 30.7 Å². The number of amides is 1. The highest BCUT2D eigenvalue weighted by molar-refractivity contribution is 5.96. The maximum atomic E-state index is 15.5. The number of aromatic nitrogens is 5. The first-order chi connectivity index (χ1) is 24.8. The van der Waals surface area contributed by atoms with E-state index in [1.165, 1.54) is 13.8 Å². The second-order valence-corrected chi connectivity index (χ2v) is 13.6. The van der Waals surface area contributed by atoms with Crippen LogP contribution in [0.25, 0.3) is 22.0 Å². The predicted octanol–water partition coefficient (Wildman–Crippen LogP) is 6.48. The maximum absolute atomic E-state index is 15.5. The van der Waals surface area contributed by atoms with Crippen LogP contribution in [-0.2, 0) is 36.9 Å². The van der Waals surface area contributed by atoms with Gasteiger partial charge in [0.25, 0.3) is 0 Å². The molecule has 0 saturated heterocycles. The fourth-order valence-corrected chi connectivity index (χ4v) is 6.92. The Morgan fingerprint density at radius 1 is 1.06 bits per heavy atom. The number of carbonyl (C=O) groups excluding carboxylic acids is 1. The molecule has 3 atom stereocenters. The third-order valence-corrected chi connectivity index (χ3v) is 9.08. The quantitative estimate of drug-likeness (QED) is 0.148. The van der Waals surface area contributed by atoms with Crippen molar-refractivity contribution < 1.29 is 40.6 Å². The Labute approximate surface area is 298 Å². The van der Waals surface area contributed by atoms with Gasteiger partial charge in [-0.2, -0.15) is 32.1 Å². The summed E-state index contributed by atoms with van der Waals surface area (Å²) in [6.45, 7) is 3.67. The summed E-state index contributed by atoms with van der Waals surface area (Å²) in [6.07, 6.45) is -5.41. The minimum Gasteiger partial charge on any atom is -0.378 e. The van der Waals surface area contributed by atoms with E-state index in [0.29, 0.717) is 33.1 Å². The van der Waals surface area contributed by atoms with Crippen LogP contribution in [0, 0.1) is 48.2 Å². The number of hydrogen-bond donors (Lipinski definition) is 2. The SMILES string of the molecule is Cc1nn(C)c2c(-c3ccc(C#CC(C)(C)O)nc3[C@H](Cc3cc(F)cc(F)c3)NC(=O)Cn3nc(C(F)(F)F)c4c3C(F)(F)[C@@H]3C#C[C@H]43)cccc12. The van der Waals surface area contributed by atoms with Gasteiger partial charge < -0.3 is 10.4 Å². The smallest absolute Gasteiger partial charge is 0.378 e. The zero-order valence-corrected chi connectivity index (χ0v) is 28.5. The molecule has 3 aromatic heterocycles. The molecule has 53 heavy (non-hydrogen) atoms. The zero-order valence-electron chi connectivity index (χ0n) is 28.5. The summed E-state index contributed by atoms with van der Waals surface area (Å²) >= 11 is 0. The molecule has 272 valence electrons. The second kappa shape index (κ2) is 12.5. The molecule has 2 N–H and O–H groups in total. The molecule has 0 aliphatic heterocycles. The number of nitrogens with one attached hydrogen (secondary N) is 1. The lowest BCUT2D eigenvalue weighted by atomic mass is 9.84. The van der Waals surface area contributed by atoms with Gasteiger partial charge in [-0.15, -0.1) is 0 Å². The molecule has 0 saturated carbocycles. The van der Waals surface area contributed by atoms with Crippen molar-refractivity contribution in [1.29, 1.82) is 0 Å². The summed E-state index contributed by atoms with van der Waals surface area (Å²) in [4.78, 5) is 18.6. The van der Waals surface area contributed by atoms with Gasteiger partial charge in [0, 0.05) is 35.2 Å². The number of carbonyl (C=O) groups is 1. The Morgan fingerprint density at radius 3 is 2.42 bits per heavy atom. The summed E-state index contributed by atoms with van der Waals surface area (Å²) in [5, 5.41) is 21.7. The van der Waals surface area contributed by atoms with E-state index in [2.05, 4.69) is 39.2 Å². The topological polar surface area (TPSA) is 97.9 Å². The number of benzene rings is 2. The van der Waals surface area contributed by atoms with Crippen LogP contribution in [0.3, 0.4) is 0 Å². The Morgan fingerprint density at radius 2 is 1.77 bits per heavy atom. The van der Waals surface area contributed by atoms with Gasteiger partial charge >= 0.3 is 12.1 Å². The van der Waals surface area contributed by atoms with Crippen molar-refractivity contribution in [3.63, 3.8) is 0 Å². The van der Waals surface area contributed by atoms with Gasteiger partial charge in [0.1, 0.15) is 41.1 Å². The van der Waals surface area contributed by atoms with Crippen LogP contribution in [0.15, 0.2) is 48.5 Å². The van der Waals surface area contributed by atoms with Crippen LogP contribution in [0.5, 0.6) is 0 Å². The minimum atomic E-state index is -5.10. The number of hydrogen-bond acceptors (Lipinski definition) is 5. The number of halogens is 7. The first kappa shape index (κ1) is 35.7. The summed E-state index contributed by atoms with van der Waals surface area (Å²) in [5.74, 6) is 0.282. The Hall–Kier alpha value is -5.67. The van der Waals surface area contributed by atoms with Gasteiger partial charge in [0.2, 0.25) is 5.91 Å². The van der Waals surface area contributed by atoms with E-state index in [0.717, 1.165) is 17.5 Å². The van der Waals surface area contributed by atoms with Crippen molar-refractivity contribution >= 4 is 16.8 Å². The molecular weight excluding hydrogens is 705 g/mol. The highest BCUT2D eigenvalue weighted by Crippen LogP contribution is 2.58. The molecule has 5 aromatic rings. The van der Waals surface area contributed by atoms with Crippen LogP contribution >= 0.6 is 0 Å². The van der Waals surface area contributed by atoms with E-state index >= 15 is 8.78 Å². The van der Waals surface area contributed by atoms with Crippen molar-refractivity contribution in [2.24, 2.45) is 13.0 Å². The molecule has 7 rings (SSSR count). The van der Waals surface area contributed by atoms with E-state index in [9.17, 15) is 31.9 Å². The van der Waals surface area contributed by atoms with E-state index in [-0.39, 0.29) is 23.4 Å². The summed E-state index contributed by atoms with van der Waals surface area (Å²) in [6, 6.07) is 10.1. The number of aryl methyl sites for hydroxylation is 2. The average molecular weight is 735 g/mol. The summed E-state index contributed by atoms with van der Waals surface area (Å²) < 4.78 is 104. The summed E-state index contributed by atoms with van der Waals surface area (Å²) in [7, 11) is 1.73. The van der Waals surface area contributed by atoms with Gasteiger partial charge in [-0.1, -0.05) is 36.0 Å². The standard InChI is InChI=1S/C38H29F7N6O2/c1-19-24-6-5-7-26(33(24)50(4)48-19)25-9-8-23(12-13-36(2,3)53)46-32(25)29(16-20-14-21(39)17-22(40)15-20)47-30(52)18-51-35-31(34(49-51)38(43,44)45)27-10-11-28(27)37(35,41)42/h5-9,14-15,17,27-29,53H,16,18H2,1-4H3,(H,47,52)/t27-,28+,29-/m0/s1. The Kier molecular flexibility index (Phi) is 8.41. The third kappa shape index (κ3) is 6.50. The molecule has 2 aliphatic rings. The fourth-order valence-electron chi connectivity index (χ4n) is 6.92. The monoisotopic (exact) mass is 734 g/mol. The maximum Gasteiger partial charge on any atom is 0.435 e. The number of nitrogens with zero attached hydrogens (tertiary/aromatic N) is 5. The van der Waals surface area contributed by atoms with Crippen LogP contribution < -0.4 is 5.32 Å². The van der Waals surface area contributed by atoms with Gasteiger partial charge in [0.15, 0.2) is 5.69 Å². The van der Waals surface area contributed by atoms with Gasteiger partial charge in [0.05, 0.1) is 28.9 Å². The molecule has 0 bridgehead atoms. The lowest BCUT2D eigenvalue weighted by Crippen LogP contribution is -2.36. The number of para-hydroxylation sites is 1. The second-order valence-electron chi connectivity index (χ2n) is 13.6. The molecule has 1 amide bonds. The molecule has 2 aliphatic carbocycles. The molecule has 2 aromatic carbocycles. The molecule has 15 heteroatoms. The lowest BCUT2D eigenvalue weighted by molar-refractivity contribution is -0.142. The molecule has 0 radical (unpaired) electrons. The van der Waals surface area contributed by atoms with Crippen LogP contribution in [0.1, 0.15) is 65.4 Å². The fraction of sp³-hybridized carbons (Fsp3) is 0.316. The third-order valence-electron chi connectivity index (χ3n) is 9.08. The molecule has 3 heterocycles. The largest absolute Gasteiger partial charge is 0.435 e. The first-order valence-corrected chi connectivity index (χ1v) is 16.3. The van der Waals surface area contributed by atoms with Crippen molar-refractivity contribution in [3.8, 4) is 34.8 Å². The minimum absolute atomic E-state index is 0.0720. The van der Waals surface area contributed by atoms with Crippen molar-refractivity contribution in [3.05, 3.63) is 99.8 Å². The number of pyridine rings is 1. The van der Waals surface area contributed by atoms with E-state index in [1.54, 1.807) is 36.0 Å². The normalized spacial score (nSPS) is 17.6. The van der Waals surface area contributed by atoms with E-state index < -0.39 is 76.6 Å². The number of alkyl halides is 5. The average Bonchev–Trinajstić information content (AvgIpc) is 3.59. The first-order valence-electron chi connectivity index (χ1n) is 16.3. The van der Waals surface area contributed by atoms with Crippen molar-refractivity contribution in [2.75, 3.05) is 0 Å².